The Morgan fingerprint density at radius 3 is 2.85 bits per heavy atom. The minimum absolute atomic E-state index is 0.892. The van der Waals surface area contributed by atoms with E-state index in [4.69, 9.17) is 0 Å². The molecule has 0 saturated carbocycles. The van der Waals surface area contributed by atoms with Crippen LogP contribution in [0.5, 0.6) is 0 Å². The lowest BCUT2D eigenvalue weighted by Crippen LogP contribution is -1.76. The molecule has 0 spiro atoms. The van der Waals surface area contributed by atoms with Crippen molar-refractivity contribution in [2.75, 3.05) is 0 Å². The molecule has 4 heteroatoms. The Morgan fingerprint density at radius 2 is 2.15 bits per heavy atom. The van der Waals surface area contributed by atoms with E-state index in [1.54, 1.807) is 11.3 Å². The highest BCUT2D eigenvalue weighted by Gasteiger charge is 2.08. The van der Waals surface area contributed by atoms with E-state index in [0.717, 1.165) is 14.7 Å². The second kappa shape index (κ2) is 3.93. The van der Waals surface area contributed by atoms with Crippen LogP contribution in [0.4, 0.5) is 0 Å². The van der Waals surface area contributed by atoms with E-state index < -0.39 is 0 Å². The van der Waals surface area contributed by atoms with E-state index in [-0.39, 0.29) is 0 Å². The predicted octanol–water partition coefficient (Wildman–Crippen LogP) is 4.85. The number of thiol groups is 1. The molecular weight excluding hydrogens is 332 g/mol. The van der Waals surface area contributed by atoms with Gasteiger partial charge in [0.2, 0.25) is 0 Å². The first-order chi connectivity index (χ1) is 6.24. The number of thiophene rings is 1. The number of benzene rings is 1. The maximum absolute atomic E-state index is 4.38. The molecule has 0 radical (unpaired) electrons. The van der Waals surface area contributed by atoms with Crippen LogP contribution in [0.25, 0.3) is 10.1 Å². The molecule has 0 bridgehead atoms. The highest BCUT2D eigenvalue weighted by atomic mass is 79.9. The Hall–Kier alpha value is 0.490. The SMILES string of the molecule is Sc1ccc2scc(CBr)c2c1Br. The molecule has 0 amide bonds. The largest absolute Gasteiger partial charge is 0.143 e. The monoisotopic (exact) mass is 336 g/mol. The first-order valence-corrected chi connectivity index (χ1v) is 6.91. The van der Waals surface area contributed by atoms with Crippen molar-refractivity contribution < 1.29 is 0 Å². The lowest BCUT2D eigenvalue weighted by molar-refractivity contribution is 1.45. The summed E-state index contributed by atoms with van der Waals surface area (Å²) < 4.78 is 2.41. The van der Waals surface area contributed by atoms with Gasteiger partial charge >= 0.3 is 0 Å². The van der Waals surface area contributed by atoms with Gasteiger partial charge in [0.25, 0.3) is 0 Å². The van der Waals surface area contributed by atoms with Crippen LogP contribution < -0.4 is 0 Å². The molecule has 0 fully saturated rings. The molecule has 0 aliphatic carbocycles. The number of fused-ring (bicyclic) bond motifs is 1. The number of halogens is 2. The average molecular weight is 338 g/mol. The van der Waals surface area contributed by atoms with E-state index in [0.29, 0.717) is 0 Å². The quantitative estimate of drug-likeness (QED) is 0.558. The Kier molecular flexibility index (Phi) is 3.03. The van der Waals surface area contributed by atoms with Crippen LogP contribution >= 0.6 is 55.8 Å². The number of alkyl halides is 1. The highest BCUT2D eigenvalue weighted by molar-refractivity contribution is 9.10. The minimum Gasteiger partial charge on any atom is -0.143 e. The van der Waals surface area contributed by atoms with E-state index in [2.05, 4.69) is 55.9 Å². The molecule has 1 aromatic carbocycles. The molecule has 0 saturated heterocycles. The van der Waals surface area contributed by atoms with Gasteiger partial charge in [-0.05, 0) is 39.0 Å². The van der Waals surface area contributed by atoms with E-state index in [9.17, 15) is 0 Å². The average Bonchev–Trinajstić information content (AvgIpc) is 2.55. The minimum atomic E-state index is 0.892. The first kappa shape index (κ1) is 10.0. The predicted molar refractivity (Wildman–Crippen MR) is 69.4 cm³/mol. The first-order valence-electron chi connectivity index (χ1n) is 3.67. The maximum atomic E-state index is 4.38. The number of hydrogen-bond donors (Lipinski definition) is 1. The Labute approximate surface area is 103 Å². The van der Waals surface area contributed by atoms with Gasteiger partial charge in [-0.25, -0.2) is 0 Å². The van der Waals surface area contributed by atoms with Crippen molar-refractivity contribution in [1.29, 1.82) is 0 Å². The summed E-state index contributed by atoms with van der Waals surface area (Å²) in [5.41, 5.74) is 1.32. The van der Waals surface area contributed by atoms with Crippen molar-refractivity contribution in [3.63, 3.8) is 0 Å². The summed E-state index contributed by atoms with van der Waals surface area (Å²) in [6, 6.07) is 4.13. The molecule has 0 atom stereocenters. The van der Waals surface area contributed by atoms with Crippen LogP contribution in [0, 0.1) is 0 Å². The van der Waals surface area contributed by atoms with Crippen molar-refractivity contribution in [1.82, 2.24) is 0 Å². The molecule has 1 heterocycles. The fraction of sp³-hybridized carbons (Fsp3) is 0.111. The van der Waals surface area contributed by atoms with Crippen LogP contribution in [0.3, 0.4) is 0 Å². The smallest absolute Gasteiger partial charge is 0.0398 e. The summed E-state index contributed by atoms with van der Waals surface area (Å²) in [7, 11) is 0. The topological polar surface area (TPSA) is 0 Å². The zero-order valence-corrected chi connectivity index (χ0v) is 11.4. The molecule has 2 rings (SSSR count). The van der Waals surface area contributed by atoms with Gasteiger partial charge in [-0.2, -0.15) is 0 Å². The lowest BCUT2D eigenvalue weighted by atomic mass is 10.2. The Morgan fingerprint density at radius 1 is 1.38 bits per heavy atom. The molecule has 1 aromatic heterocycles. The zero-order valence-electron chi connectivity index (χ0n) is 6.55. The molecule has 0 nitrogen and oxygen atoms in total. The second-order valence-corrected chi connectivity index (χ2v) is 5.41. The van der Waals surface area contributed by atoms with E-state index >= 15 is 0 Å². The lowest BCUT2D eigenvalue weighted by Gasteiger charge is -2.00. The maximum Gasteiger partial charge on any atom is 0.0398 e. The summed E-state index contributed by atoms with van der Waals surface area (Å²) in [5.74, 6) is 0. The molecule has 13 heavy (non-hydrogen) atoms. The molecule has 68 valence electrons. The molecule has 0 aliphatic rings. The van der Waals surface area contributed by atoms with E-state index in [1.165, 1.54) is 15.6 Å². The van der Waals surface area contributed by atoms with Gasteiger partial charge in [-0.3, -0.25) is 0 Å². The third-order valence-corrected chi connectivity index (χ3v) is 4.98. The van der Waals surface area contributed by atoms with Crippen LogP contribution in [0.2, 0.25) is 0 Å². The summed E-state index contributed by atoms with van der Waals surface area (Å²) in [4.78, 5) is 0.994. The van der Waals surface area contributed by atoms with Crippen molar-refractivity contribution in [2.24, 2.45) is 0 Å². The van der Waals surface area contributed by atoms with Gasteiger partial charge in [0, 0.05) is 24.8 Å². The van der Waals surface area contributed by atoms with Crippen LogP contribution in [0.1, 0.15) is 5.56 Å². The standard InChI is InChI=1S/C9H6Br2S2/c10-3-5-4-13-7-2-1-6(12)9(11)8(5)7/h1-2,4,12H,3H2. The molecular formula is C9H6Br2S2. The summed E-state index contributed by atoms with van der Waals surface area (Å²) in [5, 5.41) is 4.36. The van der Waals surface area contributed by atoms with Crippen LogP contribution in [0.15, 0.2) is 26.9 Å². The third-order valence-electron chi connectivity index (χ3n) is 1.88. The number of rotatable bonds is 1. The van der Waals surface area contributed by atoms with Crippen molar-refractivity contribution in [2.45, 2.75) is 10.2 Å². The molecule has 0 unspecified atom stereocenters. The van der Waals surface area contributed by atoms with Crippen LogP contribution in [-0.2, 0) is 5.33 Å². The van der Waals surface area contributed by atoms with Crippen molar-refractivity contribution in [3.8, 4) is 0 Å². The fourth-order valence-corrected chi connectivity index (χ4v) is 3.78. The Bertz CT molecular complexity index is 448. The van der Waals surface area contributed by atoms with Gasteiger partial charge < -0.3 is 0 Å². The van der Waals surface area contributed by atoms with E-state index in [1.807, 2.05) is 6.07 Å². The normalized spacial score (nSPS) is 11.0. The summed E-state index contributed by atoms with van der Waals surface area (Å²) in [6.07, 6.45) is 0. The molecule has 0 N–H and O–H groups in total. The zero-order chi connectivity index (χ0) is 9.42. The molecule has 2 aromatic rings. The third kappa shape index (κ3) is 1.69. The highest BCUT2D eigenvalue weighted by Crippen LogP contribution is 2.36. The number of hydrogen-bond acceptors (Lipinski definition) is 2. The van der Waals surface area contributed by atoms with Crippen molar-refractivity contribution in [3.05, 3.63) is 27.5 Å². The fourth-order valence-electron chi connectivity index (χ4n) is 1.24. The Balaban J connectivity index is 2.85. The molecule has 0 aliphatic heterocycles. The van der Waals surface area contributed by atoms with Gasteiger partial charge in [0.15, 0.2) is 0 Å². The summed E-state index contributed by atoms with van der Waals surface area (Å²) in [6.45, 7) is 0. The van der Waals surface area contributed by atoms with Crippen molar-refractivity contribution >= 4 is 65.9 Å². The second-order valence-electron chi connectivity index (χ2n) is 2.67. The van der Waals surface area contributed by atoms with Gasteiger partial charge in [0.1, 0.15) is 0 Å². The van der Waals surface area contributed by atoms with Gasteiger partial charge in [0.05, 0.1) is 0 Å². The summed E-state index contributed by atoms with van der Waals surface area (Å²) >= 11 is 13.2. The van der Waals surface area contributed by atoms with Crippen LogP contribution in [-0.4, -0.2) is 0 Å². The van der Waals surface area contributed by atoms with Gasteiger partial charge in [-0.15, -0.1) is 24.0 Å². The van der Waals surface area contributed by atoms with Gasteiger partial charge in [-0.1, -0.05) is 15.9 Å².